The van der Waals surface area contributed by atoms with Crippen LogP contribution in [-0.4, -0.2) is 51.5 Å². The van der Waals surface area contributed by atoms with Crippen LogP contribution in [0.2, 0.25) is 0 Å². The maximum absolute atomic E-state index is 13.4. The van der Waals surface area contributed by atoms with Crippen LogP contribution in [0.4, 0.5) is 5.69 Å². The molecule has 4 aromatic rings. The molecule has 1 N–H and O–H groups in total. The zero-order valence-electron chi connectivity index (χ0n) is 19.9. The van der Waals surface area contributed by atoms with Gasteiger partial charge in [0.2, 0.25) is 0 Å². The standard InChI is InChI=1S/C27H26N4O3S/c1-16-4-6-19(7-5-16)23-15-21(24-18(3)30-34-26(24)29-23)25(32)28-22-9-8-20(14-17(22)2)27(33)31-10-12-35-13-11-31/h4-9,14-15H,10-13H2,1-3H3,(H,28,32). The Labute approximate surface area is 207 Å². The van der Waals surface area contributed by atoms with Crippen LogP contribution in [0.3, 0.4) is 0 Å². The third kappa shape index (κ3) is 4.66. The maximum Gasteiger partial charge on any atom is 0.259 e. The number of carbonyl (C=O) groups is 2. The van der Waals surface area contributed by atoms with Crippen LogP contribution in [0.15, 0.2) is 53.1 Å². The highest BCUT2D eigenvalue weighted by Crippen LogP contribution is 2.28. The molecule has 35 heavy (non-hydrogen) atoms. The van der Waals surface area contributed by atoms with Gasteiger partial charge in [0, 0.05) is 41.4 Å². The van der Waals surface area contributed by atoms with Crippen molar-refractivity contribution in [2.75, 3.05) is 29.9 Å². The number of pyridine rings is 1. The molecule has 0 aliphatic carbocycles. The summed E-state index contributed by atoms with van der Waals surface area (Å²) in [5.74, 6) is 1.68. The lowest BCUT2D eigenvalue weighted by atomic mass is 10.0. The number of carbonyl (C=O) groups excluding carboxylic acids is 2. The summed E-state index contributed by atoms with van der Waals surface area (Å²) < 4.78 is 5.41. The van der Waals surface area contributed by atoms with E-state index in [1.807, 2.05) is 60.8 Å². The highest BCUT2D eigenvalue weighted by Gasteiger charge is 2.22. The van der Waals surface area contributed by atoms with Crippen LogP contribution in [0, 0.1) is 20.8 Å². The number of hydrogen-bond acceptors (Lipinski definition) is 6. The number of nitrogens with one attached hydrogen (secondary N) is 1. The molecule has 2 aromatic carbocycles. The number of hydrogen-bond donors (Lipinski definition) is 1. The molecule has 0 unspecified atom stereocenters. The average Bonchev–Trinajstić information content (AvgIpc) is 3.25. The Morgan fingerprint density at radius 1 is 1.00 bits per heavy atom. The van der Waals surface area contributed by atoms with Crippen molar-refractivity contribution in [1.29, 1.82) is 0 Å². The molecular weight excluding hydrogens is 460 g/mol. The number of anilines is 1. The van der Waals surface area contributed by atoms with Crippen LogP contribution in [0.1, 0.15) is 37.5 Å². The van der Waals surface area contributed by atoms with Gasteiger partial charge in [-0.2, -0.15) is 11.8 Å². The topological polar surface area (TPSA) is 88.3 Å². The maximum atomic E-state index is 13.4. The van der Waals surface area contributed by atoms with E-state index >= 15 is 0 Å². The van der Waals surface area contributed by atoms with Crippen molar-refractivity contribution in [1.82, 2.24) is 15.0 Å². The quantitative estimate of drug-likeness (QED) is 0.424. The molecule has 0 radical (unpaired) electrons. The van der Waals surface area contributed by atoms with E-state index < -0.39 is 0 Å². The van der Waals surface area contributed by atoms with Gasteiger partial charge in [0.15, 0.2) is 0 Å². The number of rotatable bonds is 4. The first-order valence-electron chi connectivity index (χ1n) is 11.5. The molecule has 0 atom stereocenters. The van der Waals surface area contributed by atoms with Gasteiger partial charge < -0.3 is 14.7 Å². The van der Waals surface area contributed by atoms with E-state index in [0.29, 0.717) is 39.3 Å². The van der Waals surface area contributed by atoms with Gasteiger partial charge in [-0.25, -0.2) is 4.98 Å². The average molecular weight is 487 g/mol. The molecule has 1 fully saturated rings. The molecule has 1 aliphatic heterocycles. The Bertz CT molecular complexity index is 1420. The molecule has 1 aliphatic rings. The minimum Gasteiger partial charge on any atom is -0.337 e. The molecule has 8 heteroatoms. The second kappa shape index (κ2) is 9.54. The number of aromatic nitrogens is 2. The third-order valence-electron chi connectivity index (χ3n) is 6.23. The van der Waals surface area contributed by atoms with Crippen molar-refractivity contribution in [3.8, 4) is 11.3 Å². The summed E-state index contributed by atoms with van der Waals surface area (Å²) in [5, 5.41) is 7.62. The van der Waals surface area contributed by atoms with Gasteiger partial charge in [0.25, 0.3) is 17.5 Å². The summed E-state index contributed by atoms with van der Waals surface area (Å²) in [5.41, 5.74) is 6.13. The Hall–Kier alpha value is -3.65. The summed E-state index contributed by atoms with van der Waals surface area (Å²) >= 11 is 1.87. The van der Waals surface area contributed by atoms with E-state index in [0.717, 1.165) is 41.3 Å². The van der Waals surface area contributed by atoms with E-state index in [2.05, 4.69) is 15.5 Å². The van der Waals surface area contributed by atoms with E-state index in [1.165, 1.54) is 0 Å². The Balaban J connectivity index is 1.45. The molecule has 0 saturated carbocycles. The van der Waals surface area contributed by atoms with Gasteiger partial charge in [0.1, 0.15) is 0 Å². The normalized spacial score (nSPS) is 13.7. The molecule has 5 rings (SSSR count). The number of benzene rings is 2. The van der Waals surface area contributed by atoms with Crippen molar-refractivity contribution in [3.63, 3.8) is 0 Å². The number of aryl methyl sites for hydroxylation is 3. The zero-order valence-corrected chi connectivity index (χ0v) is 20.7. The lowest BCUT2D eigenvalue weighted by Gasteiger charge is -2.26. The minimum atomic E-state index is -0.285. The Morgan fingerprint density at radius 3 is 2.46 bits per heavy atom. The van der Waals surface area contributed by atoms with Gasteiger partial charge in [-0.05, 0) is 50.6 Å². The summed E-state index contributed by atoms with van der Waals surface area (Å²) in [6.45, 7) is 7.23. The number of fused-ring (bicyclic) bond motifs is 1. The molecule has 2 aromatic heterocycles. The van der Waals surface area contributed by atoms with Gasteiger partial charge in [-0.15, -0.1) is 0 Å². The molecular formula is C27H26N4O3S. The van der Waals surface area contributed by atoms with E-state index in [1.54, 1.807) is 25.1 Å². The molecule has 1 saturated heterocycles. The summed E-state index contributed by atoms with van der Waals surface area (Å²) in [7, 11) is 0. The lowest BCUT2D eigenvalue weighted by Crippen LogP contribution is -2.37. The van der Waals surface area contributed by atoms with E-state index in [4.69, 9.17) is 4.52 Å². The van der Waals surface area contributed by atoms with Crippen molar-refractivity contribution in [3.05, 3.63) is 76.5 Å². The number of amides is 2. The van der Waals surface area contributed by atoms with Gasteiger partial charge in [-0.1, -0.05) is 35.0 Å². The van der Waals surface area contributed by atoms with Crippen LogP contribution in [0.5, 0.6) is 0 Å². The third-order valence-corrected chi connectivity index (χ3v) is 7.17. The fourth-order valence-electron chi connectivity index (χ4n) is 4.22. The smallest absolute Gasteiger partial charge is 0.259 e. The van der Waals surface area contributed by atoms with Crippen molar-refractivity contribution < 1.29 is 14.1 Å². The predicted octanol–water partition coefficient (Wildman–Crippen LogP) is 5.26. The van der Waals surface area contributed by atoms with E-state index in [9.17, 15) is 9.59 Å². The van der Waals surface area contributed by atoms with Crippen LogP contribution in [-0.2, 0) is 0 Å². The minimum absolute atomic E-state index is 0.0324. The fourth-order valence-corrected chi connectivity index (χ4v) is 5.12. The van der Waals surface area contributed by atoms with Crippen molar-refractivity contribution >= 4 is 40.4 Å². The monoisotopic (exact) mass is 486 g/mol. The lowest BCUT2D eigenvalue weighted by molar-refractivity contribution is 0.0772. The zero-order chi connectivity index (χ0) is 24.5. The molecule has 7 nitrogen and oxygen atoms in total. The first-order chi connectivity index (χ1) is 16.9. The molecule has 178 valence electrons. The van der Waals surface area contributed by atoms with Gasteiger partial charge in [0.05, 0.1) is 22.3 Å². The van der Waals surface area contributed by atoms with Crippen molar-refractivity contribution in [2.45, 2.75) is 20.8 Å². The molecule has 2 amide bonds. The van der Waals surface area contributed by atoms with Crippen molar-refractivity contribution in [2.24, 2.45) is 0 Å². The second-order valence-electron chi connectivity index (χ2n) is 8.76. The summed E-state index contributed by atoms with van der Waals surface area (Å²) in [6.07, 6.45) is 0. The van der Waals surface area contributed by atoms with Crippen LogP contribution >= 0.6 is 11.8 Å². The second-order valence-corrected chi connectivity index (χ2v) is 9.98. The predicted molar refractivity (Wildman–Crippen MR) is 139 cm³/mol. The number of nitrogens with zero attached hydrogens (tertiary/aromatic N) is 3. The Kier molecular flexibility index (Phi) is 6.30. The highest BCUT2D eigenvalue weighted by atomic mass is 32.2. The van der Waals surface area contributed by atoms with E-state index in [-0.39, 0.29) is 11.8 Å². The molecule has 0 spiro atoms. The van der Waals surface area contributed by atoms with Crippen LogP contribution in [0.25, 0.3) is 22.4 Å². The molecule has 0 bridgehead atoms. The SMILES string of the molecule is Cc1ccc(-c2cc(C(=O)Nc3ccc(C(=O)N4CCSCC4)cc3C)c3c(C)noc3n2)cc1. The van der Waals surface area contributed by atoms with Gasteiger partial charge in [-0.3, -0.25) is 9.59 Å². The summed E-state index contributed by atoms with van der Waals surface area (Å²) in [6, 6.07) is 15.1. The largest absolute Gasteiger partial charge is 0.337 e. The Morgan fingerprint density at radius 2 is 1.74 bits per heavy atom. The van der Waals surface area contributed by atoms with Crippen LogP contribution < -0.4 is 5.32 Å². The molecule has 3 heterocycles. The number of thioether (sulfide) groups is 1. The van der Waals surface area contributed by atoms with Gasteiger partial charge >= 0.3 is 0 Å². The first kappa shape index (κ1) is 23.1. The fraction of sp³-hybridized carbons (Fsp3) is 0.259. The first-order valence-corrected chi connectivity index (χ1v) is 12.7. The highest BCUT2D eigenvalue weighted by molar-refractivity contribution is 7.99. The summed E-state index contributed by atoms with van der Waals surface area (Å²) in [4.78, 5) is 32.8.